The lowest BCUT2D eigenvalue weighted by atomic mass is 10.0. The van der Waals surface area contributed by atoms with E-state index in [2.05, 4.69) is 10.6 Å². The van der Waals surface area contributed by atoms with Crippen LogP contribution in [-0.4, -0.2) is 35.7 Å². The summed E-state index contributed by atoms with van der Waals surface area (Å²) in [4.78, 5) is 22.6. The molecule has 0 spiro atoms. The molecule has 2 unspecified atom stereocenters. The van der Waals surface area contributed by atoms with Crippen molar-refractivity contribution < 1.29 is 14.7 Å². The molecule has 0 aromatic heterocycles. The molecule has 0 rings (SSSR count). The zero-order valence-electron chi connectivity index (χ0n) is 11.4. The number of rotatable bonds is 8. The second kappa shape index (κ2) is 8.74. The summed E-state index contributed by atoms with van der Waals surface area (Å²) in [5.41, 5.74) is 5.03. The van der Waals surface area contributed by atoms with Crippen molar-refractivity contribution in [3.05, 3.63) is 0 Å². The van der Waals surface area contributed by atoms with E-state index in [0.29, 0.717) is 12.8 Å². The third-order valence-electron chi connectivity index (χ3n) is 2.47. The number of aliphatic hydroxyl groups is 1. The molecule has 5 N–H and O–H groups in total. The molecule has 6 heteroatoms. The van der Waals surface area contributed by atoms with Gasteiger partial charge in [0, 0.05) is 6.54 Å². The maximum Gasteiger partial charge on any atom is 0.312 e. The molecule has 0 saturated heterocycles. The highest BCUT2D eigenvalue weighted by molar-refractivity contribution is 5.86. The summed E-state index contributed by atoms with van der Waals surface area (Å²) in [6.07, 6.45) is 1.45. The van der Waals surface area contributed by atoms with Crippen LogP contribution in [0.2, 0.25) is 0 Å². The molecule has 0 bridgehead atoms. The number of carbonyl (C=O) groups excluding carboxylic acids is 2. The number of nitrogens with two attached hydrogens (primary N) is 1. The third-order valence-corrected chi connectivity index (χ3v) is 2.47. The van der Waals surface area contributed by atoms with Crippen molar-refractivity contribution in [2.45, 2.75) is 52.2 Å². The van der Waals surface area contributed by atoms with E-state index in [4.69, 9.17) is 5.73 Å². The Hall–Kier alpha value is -1.30. The van der Waals surface area contributed by atoms with E-state index in [-0.39, 0.29) is 18.4 Å². The van der Waals surface area contributed by atoms with Crippen LogP contribution in [0.25, 0.3) is 0 Å². The Morgan fingerprint density at radius 2 is 1.94 bits per heavy atom. The van der Waals surface area contributed by atoms with Gasteiger partial charge in [0.1, 0.15) is 6.04 Å². The summed E-state index contributed by atoms with van der Waals surface area (Å²) in [6, 6.07) is -1.36. The first-order valence-electron chi connectivity index (χ1n) is 6.38. The summed E-state index contributed by atoms with van der Waals surface area (Å²) in [5.74, 6) is -0.0502. The van der Waals surface area contributed by atoms with Gasteiger partial charge in [-0.15, -0.1) is 0 Å². The van der Waals surface area contributed by atoms with Gasteiger partial charge in [0.15, 0.2) is 0 Å². The molecule has 0 radical (unpaired) electrons. The minimum Gasteiger partial charge on any atom is -0.391 e. The van der Waals surface area contributed by atoms with Gasteiger partial charge in [0.2, 0.25) is 5.91 Å². The van der Waals surface area contributed by atoms with Gasteiger partial charge < -0.3 is 21.5 Å². The largest absolute Gasteiger partial charge is 0.391 e. The Bertz CT molecular complexity index is 269. The molecule has 0 aromatic rings. The molecule has 18 heavy (non-hydrogen) atoms. The number of primary amides is 1. The van der Waals surface area contributed by atoms with Crippen LogP contribution in [0.5, 0.6) is 0 Å². The van der Waals surface area contributed by atoms with Gasteiger partial charge >= 0.3 is 6.03 Å². The van der Waals surface area contributed by atoms with Gasteiger partial charge in [-0.3, -0.25) is 4.79 Å². The Morgan fingerprint density at radius 1 is 1.33 bits per heavy atom. The van der Waals surface area contributed by atoms with Crippen molar-refractivity contribution in [1.29, 1.82) is 0 Å². The molecule has 0 fully saturated rings. The Kier molecular flexibility index (Phi) is 8.11. The number of hydrogen-bond donors (Lipinski definition) is 4. The van der Waals surface area contributed by atoms with Crippen molar-refractivity contribution in [3.63, 3.8) is 0 Å². The van der Waals surface area contributed by atoms with Crippen LogP contribution in [-0.2, 0) is 4.79 Å². The van der Waals surface area contributed by atoms with Crippen LogP contribution >= 0.6 is 0 Å². The lowest BCUT2D eigenvalue weighted by Crippen LogP contribution is -2.50. The van der Waals surface area contributed by atoms with Crippen molar-refractivity contribution in [1.82, 2.24) is 10.6 Å². The van der Waals surface area contributed by atoms with E-state index in [1.54, 1.807) is 0 Å². The molecular formula is C12H25N3O3. The summed E-state index contributed by atoms with van der Waals surface area (Å²) >= 11 is 0. The van der Waals surface area contributed by atoms with Gasteiger partial charge in [0.05, 0.1) is 6.10 Å². The fourth-order valence-corrected chi connectivity index (χ4v) is 1.65. The van der Waals surface area contributed by atoms with E-state index in [0.717, 1.165) is 6.42 Å². The molecule has 0 aromatic carbocycles. The Morgan fingerprint density at radius 3 is 2.39 bits per heavy atom. The lowest BCUT2D eigenvalue weighted by Gasteiger charge is -2.20. The van der Waals surface area contributed by atoms with Crippen LogP contribution in [0.15, 0.2) is 0 Å². The van der Waals surface area contributed by atoms with Crippen molar-refractivity contribution >= 4 is 11.9 Å². The first kappa shape index (κ1) is 16.7. The van der Waals surface area contributed by atoms with Crippen LogP contribution in [0, 0.1) is 5.92 Å². The predicted octanol–water partition coefficient (Wildman–Crippen LogP) is 0.347. The summed E-state index contributed by atoms with van der Waals surface area (Å²) in [6.45, 7) is 6.06. The van der Waals surface area contributed by atoms with Gasteiger partial charge in [-0.25, -0.2) is 4.79 Å². The molecule has 106 valence electrons. The normalized spacial score (nSPS) is 14.1. The summed E-state index contributed by atoms with van der Waals surface area (Å²) < 4.78 is 0. The van der Waals surface area contributed by atoms with Gasteiger partial charge in [-0.2, -0.15) is 0 Å². The van der Waals surface area contributed by atoms with E-state index in [9.17, 15) is 14.7 Å². The number of hydrogen-bond acceptors (Lipinski definition) is 3. The fourth-order valence-electron chi connectivity index (χ4n) is 1.65. The number of aliphatic hydroxyl groups excluding tert-OH is 1. The third kappa shape index (κ3) is 7.89. The molecule has 2 atom stereocenters. The Labute approximate surface area is 108 Å². The van der Waals surface area contributed by atoms with Gasteiger partial charge in [0.25, 0.3) is 0 Å². The molecule has 6 nitrogen and oxygen atoms in total. The molecular weight excluding hydrogens is 234 g/mol. The fraction of sp³-hybridized carbons (Fsp3) is 0.833. The van der Waals surface area contributed by atoms with Crippen molar-refractivity contribution in [2.24, 2.45) is 11.7 Å². The average molecular weight is 259 g/mol. The van der Waals surface area contributed by atoms with E-state index in [1.165, 1.54) is 0 Å². The molecule has 0 heterocycles. The van der Waals surface area contributed by atoms with E-state index >= 15 is 0 Å². The summed E-state index contributed by atoms with van der Waals surface area (Å²) in [7, 11) is 0. The minimum absolute atomic E-state index is 0.196. The maximum atomic E-state index is 11.8. The predicted molar refractivity (Wildman–Crippen MR) is 69.9 cm³/mol. The average Bonchev–Trinajstić information content (AvgIpc) is 2.24. The van der Waals surface area contributed by atoms with Gasteiger partial charge in [-0.05, 0) is 18.8 Å². The van der Waals surface area contributed by atoms with Crippen LogP contribution in [0.4, 0.5) is 4.79 Å². The maximum absolute atomic E-state index is 11.8. The van der Waals surface area contributed by atoms with Crippen molar-refractivity contribution in [3.8, 4) is 0 Å². The number of amides is 3. The number of carbonyl (C=O) groups is 2. The van der Waals surface area contributed by atoms with E-state index in [1.807, 2.05) is 20.8 Å². The number of urea groups is 1. The minimum atomic E-state index is -0.718. The van der Waals surface area contributed by atoms with Crippen LogP contribution < -0.4 is 16.4 Å². The molecule has 0 aliphatic rings. The van der Waals surface area contributed by atoms with Crippen molar-refractivity contribution in [2.75, 3.05) is 6.54 Å². The zero-order valence-corrected chi connectivity index (χ0v) is 11.4. The highest BCUT2D eigenvalue weighted by Crippen LogP contribution is 2.05. The highest BCUT2D eigenvalue weighted by atomic mass is 16.3. The standard InChI is InChI=1S/C12H25N3O3/c1-4-5-9(16)7-14-11(17)10(6-8(2)3)15-12(13)18/h8-10,16H,4-7H2,1-3H3,(H,14,17)(H3,13,15,18). The smallest absolute Gasteiger partial charge is 0.312 e. The second-order valence-corrected chi connectivity index (χ2v) is 4.88. The number of nitrogens with one attached hydrogen (secondary N) is 2. The SMILES string of the molecule is CCCC(O)CNC(=O)C(CC(C)C)NC(N)=O. The first-order valence-corrected chi connectivity index (χ1v) is 6.38. The topological polar surface area (TPSA) is 104 Å². The monoisotopic (exact) mass is 259 g/mol. The Balaban J connectivity index is 4.24. The lowest BCUT2D eigenvalue weighted by molar-refractivity contribution is -0.123. The first-order chi connectivity index (χ1) is 8.36. The summed E-state index contributed by atoms with van der Waals surface area (Å²) in [5, 5.41) is 14.5. The molecule has 3 amide bonds. The van der Waals surface area contributed by atoms with Crippen LogP contribution in [0.3, 0.4) is 0 Å². The van der Waals surface area contributed by atoms with Gasteiger partial charge in [-0.1, -0.05) is 27.2 Å². The van der Waals surface area contributed by atoms with Crippen LogP contribution in [0.1, 0.15) is 40.0 Å². The molecule has 0 saturated carbocycles. The highest BCUT2D eigenvalue weighted by Gasteiger charge is 2.21. The zero-order chi connectivity index (χ0) is 14.1. The molecule has 0 aliphatic heterocycles. The molecule has 0 aliphatic carbocycles. The second-order valence-electron chi connectivity index (χ2n) is 4.88. The quantitative estimate of drug-likeness (QED) is 0.505. The van der Waals surface area contributed by atoms with E-state index < -0.39 is 18.2 Å².